The molecule has 8 heavy (non-hydrogen) atoms. The second-order valence-corrected chi connectivity index (χ2v) is 2.18. The summed E-state index contributed by atoms with van der Waals surface area (Å²) in [5.74, 6) is 0.417. The minimum absolute atomic E-state index is 0. The van der Waals surface area contributed by atoms with E-state index in [1.54, 1.807) is 0 Å². The maximum atomic E-state index is 8.48. The van der Waals surface area contributed by atoms with Gasteiger partial charge in [0, 0.05) is 12.6 Å². The van der Waals surface area contributed by atoms with Crippen molar-refractivity contribution >= 4 is 12.4 Å². The SMILES string of the molecule is Cl.N[C@H]1CC[C@@H]1CO. The van der Waals surface area contributed by atoms with Crippen molar-refractivity contribution < 1.29 is 5.11 Å². The van der Waals surface area contributed by atoms with Crippen LogP contribution in [0.2, 0.25) is 0 Å². The molecule has 1 saturated carbocycles. The summed E-state index contributed by atoms with van der Waals surface area (Å²) in [4.78, 5) is 0. The van der Waals surface area contributed by atoms with Crippen molar-refractivity contribution in [2.75, 3.05) is 6.61 Å². The van der Waals surface area contributed by atoms with Gasteiger partial charge in [-0.25, -0.2) is 0 Å². The normalized spacial score (nSPS) is 35.2. The lowest BCUT2D eigenvalue weighted by Gasteiger charge is -2.31. The summed E-state index contributed by atoms with van der Waals surface area (Å²) >= 11 is 0. The summed E-state index contributed by atoms with van der Waals surface area (Å²) in [5.41, 5.74) is 5.47. The predicted molar refractivity (Wildman–Crippen MR) is 35.0 cm³/mol. The van der Waals surface area contributed by atoms with Gasteiger partial charge in [-0.2, -0.15) is 0 Å². The Hall–Kier alpha value is 0.210. The van der Waals surface area contributed by atoms with Gasteiger partial charge in [-0.15, -0.1) is 12.4 Å². The quantitative estimate of drug-likeness (QED) is 0.540. The number of aliphatic hydroxyl groups excluding tert-OH is 1. The molecule has 2 nitrogen and oxygen atoms in total. The van der Waals surface area contributed by atoms with Crippen molar-refractivity contribution in [3.8, 4) is 0 Å². The van der Waals surface area contributed by atoms with Crippen molar-refractivity contribution in [2.45, 2.75) is 18.9 Å². The molecule has 0 radical (unpaired) electrons. The van der Waals surface area contributed by atoms with Gasteiger partial charge in [-0.05, 0) is 18.8 Å². The van der Waals surface area contributed by atoms with E-state index < -0.39 is 0 Å². The molecule has 0 saturated heterocycles. The largest absolute Gasteiger partial charge is 0.396 e. The van der Waals surface area contributed by atoms with E-state index in [1.165, 1.54) is 0 Å². The Morgan fingerprint density at radius 1 is 1.50 bits per heavy atom. The number of aliphatic hydroxyl groups is 1. The standard InChI is InChI=1S/C5H11NO.ClH/c6-5-2-1-4(5)3-7;/h4-5,7H,1-3,6H2;1H/t4-,5+;/m1./s1. The zero-order chi connectivity index (χ0) is 5.28. The molecular weight excluding hydrogens is 126 g/mol. The van der Waals surface area contributed by atoms with E-state index in [2.05, 4.69) is 0 Å². The van der Waals surface area contributed by atoms with Crippen molar-refractivity contribution in [1.29, 1.82) is 0 Å². The summed E-state index contributed by atoms with van der Waals surface area (Å²) in [7, 11) is 0. The van der Waals surface area contributed by atoms with Crippen LogP contribution < -0.4 is 5.73 Å². The molecular formula is C5H12ClNO. The van der Waals surface area contributed by atoms with Gasteiger partial charge in [0.25, 0.3) is 0 Å². The van der Waals surface area contributed by atoms with E-state index in [0.717, 1.165) is 12.8 Å². The molecule has 0 aromatic heterocycles. The fourth-order valence-corrected chi connectivity index (χ4v) is 0.821. The Labute approximate surface area is 55.5 Å². The molecule has 1 fully saturated rings. The zero-order valence-electron chi connectivity index (χ0n) is 4.71. The van der Waals surface area contributed by atoms with Crippen molar-refractivity contribution in [3.05, 3.63) is 0 Å². The second-order valence-electron chi connectivity index (χ2n) is 2.18. The van der Waals surface area contributed by atoms with Crippen LogP contribution in [0.4, 0.5) is 0 Å². The van der Waals surface area contributed by atoms with Gasteiger partial charge < -0.3 is 10.8 Å². The first kappa shape index (κ1) is 8.21. The summed E-state index contributed by atoms with van der Waals surface area (Å²) < 4.78 is 0. The Bertz CT molecular complexity index is 67.4. The van der Waals surface area contributed by atoms with Gasteiger partial charge >= 0.3 is 0 Å². The Balaban J connectivity index is 0.000000490. The van der Waals surface area contributed by atoms with Gasteiger partial charge in [0.1, 0.15) is 0 Å². The lowest BCUT2D eigenvalue weighted by atomic mass is 9.81. The molecule has 50 valence electrons. The van der Waals surface area contributed by atoms with Crippen LogP contribution in [0.15, 0.2) is 0 Å². The zero-order valence-corrected chi connectivity index (χ0v) is 5.53. The third-order valence-electron chi connectivity index (χ3n) is 1.71. The summed E-state index contributed by atoms with van der Waals surface area (Å²) in [6.45, 7) is 0.279. The molecule has 2 atom stereocenters. The van der Waals surface area contributed by atoms with E-state index >= 15 is 0 Å². The van der Waals surface area contributed by atoms with Crippen LogP contribution in [0.25, 0.3) is 0 Å². The van der Waals surface area contributed by atoms with Crippen LogP contribution in [0.1, 0.15) is 12.8 Å². The molecule has 0 heterocycles. The molecule has 0 aliphatic heterocycles. The molecule has 1 rings (SSSR count). The first-order valence-electron chi connectivity index (χ1n) is 2.71. The fraction of sp³-hybridized carbons (Fsp3) is 1.00. The van der Waals surface area contributed by atoms with Crippen LogP contribution in [-0.2, 0) is 0 Å². The average Bonchev–Trinajstić information content (AvgIpc) is 1.65. The molecule has 0 aromatic carbocycles. The third-order valence-corrected chi connectivity index (χ3v) is 1.71. The maximum Gasteiger partial charge on any atom is 0.0474 e. The number of rotatable bonds is 1. The highest BCUT2D eigenvalue weighted by Crippen LogP contribution is 2.23. The van der Waals surface area contributed by atoms with Crippen LogP contribution >= 0.6 is 12.4 Å². The molecule has 3 heteroatoms. The summed E-state index contributed by atoms with van der Waals surface area (Å²) in [5, 5.41) is 8.48. The predicted octanol–water partition coefficient (Wildman–Crippen LogP) is 0.138. The highest BCUT2D eigenvalue weighted by atomic mass is 35.5. The summed E-state index contributed by atoms with van der Waals surface area (Å²) in [6.07, 6.45) is 2.23. The number of hydrogen-bond donors (Lipinski definition) is 2. The van der Waals surface area contributed by atoms with Gasteiger partial charge in [-0.1, -0.05) is 0 Å². The van der Waals surface area contributed by atoms with Crippen molar-refractivity contribution in [3.63, 3.8) is 0 Å². The Kier molecular flexibility index (Phi) is 3.36. The molecule has 1 aliphatic rings. The first-order chi connectivity index (χ1) is 3.34. The molecule has 0 aromatic rings. The molecule has 0 amide bonds. The van der Waals surface area contributed by atoms with E-state index in [1.807, 2.05) is 0 Å². The lowest BCUT2D eigenvalue weighted by Crippen LogP contribution is -2.41. The van der Waals surface area contributed by atoms with Crippen molar-refractivity contribution in [1.82, 2.24) is 0 Å². The molecule has 1 aliphatic carbocycles. The molecule has 0 unspecified atom stereocenters. The second kappa shape index (κ2) is 3.28. The van der Waals surface area contributed by atoms with Gasteiger partial charge in [0.05, 0.1) is 0 Å². The monoisotopic (exact) mass is 137 g/mol. The van der Waals surface area contributed by atoms with E-state index in [0.29, 0.717) is 12.0 Å². The minimum Gasteiger partial charge on any atom is -0.396 e. The third kappa shape index (κ3) is 1.34. The highest BCUT2D eigenvalue weighted by Gasteiger charge is 2.25. The van der Waals surface area contributed by atoms with Crippen LogP contribution in [0, 0.1) is 5.92 Å². The first-order valence-corrected chi connectivity index (χ1v) is 2.71. The van der Waals surface area contributed by atoms with Gasteiger partial charge in [0.15, 0.2) is 0 Å². The number of nitrogens with two attached hydrogens (primary N) is 1. The van der Waals surface area contributed by atoms with E-state index in [-0.39, 0.29) is 19.0 Å². The summed E-state index contributed by atoms with van der Waals surface area (Å²) in [6, 6.07) is 0.296. The van der Waals surface area contributed by atoms with Crippen LogP contribution in [-0.4, -0.2) is 17.8 Å². The maximum absolute atomic E-state index is 8.48. The van der Waals surface area contributed by atoms with E-state index in [9.17, 15) is 0 Å². The average molecular weight is 138 g/mol. The van der Waals surface area contributed by atoms with Gasteiger partial charge in [0.2, 0.25) is 0 Å². The molecule has 3 N–H and O–H groups in total. The van der Waals surface area contributed by atoms with Crippen molar-refractivity contribution in [2.24, 2.45) is 11.7 Å². The van der Waals surface area contributed by atoms with Crippen LogP contribution in [0.5, 0.6) is 0 Å². The molecule has 0 spiro atoms. The Morgan fingerprint density at radius 2 is 2.12 bits per heavy atom. The fourth-order valence-electron chi connectivity index (χ4n) is 0.821. The van der Waals surface area contributed by atoms with Crippen LogP contribution in [0.3, 0.4) is 0 Å². The minimum atomic E-state index is 0. The topological polar surface area (TPSA) is 46.2 Å². The van der Waals surface area contributed by atoms with E-state index in [4.69, 9.17) is 10.8 Å². The van der Waals surface area contributed by atoms with Gasteiger partial charge in [-0.3, -0.25) is 0 Å². The number of halogens is 1. The number of hydrogen-bond acceptors (Lipinski definition) is 2. The lowest BCUT2D eigenvalue weighted by molar-refractivity contribution is 0.138. The Morgan fingerprint density at radius 3 is 2.12 bits per heavy atom. The smallest absolute Gasteiger partial charge is 0.0474 e. The highest BCUT2D eigenvalue weighted by molar-refractivity contribution is 5.85. The molecule has 0 bridgehead atoms.